The minimum atomic E-state index is -0.413. The Bertz CT molecular complexity index is 814. The number of rotatable bonds is 7. The molecule has 0 aliphatic carbocycles. The molecule has 6 heteroatoms. The summed E-state index contributed by atoms with van der Waals surface area (Å²) in [4.78, 5) is 23.6. The van der Waals surface area contributed by atoms with E-state index in [9.17, 15) is 9.59 Å². The Morgan fingerprint density at radius 2 is 1.78 bits per heavy atom. The van der Waals surface area contributed by atoms with E-state index < -0.39 is 5.91 Å². The number of aryl methyl sites for hydroxylation is 2. The Labute approximate surface area is 159 Å². The molecular weight excluding hydrogens is 342 g/mol. The molecule has 142 valence electrons. The van der Waals surface area contributed by atoms with E-state index in [1.165, 1.54) is 6.08 Å². The molecule has 0 unspecified atom stereocenters. The topological polar surface area (TPSA) is 79.5 Å². The molecule has 0 spiro atoms. The molecule has 2 rings (SSSR count). The van der Waals surface area contributed by atoms with Crippen molar-refractivity contribution < 1.29 is 14.3 Å². The van der Waals surface area contributed by atoms with Gasteiger partial charge in [0.05, 0.1) is 13.2 Å². The molecule has 0 atom stereocenters. The van der Waals surface area contributed by atoms with Crippen molar-refractivity contribution in [1.82, 2.24) is 10.9 Å². The Morgan fingerprint density at radius 1 is 1.04 bits per heavy atom. The Kier molecular flexibility index (Phi) is 7.43. The summed E-state index contributed by atoms with van der Waals surface area (Å²) in [5.74, 6) is 0.0317. The van der Waals surface area contributed by atoms with Crippen LogP contribution in [0.1, 0.15) is 23.6 Å². The summed E-state index contributed by atoms with van der Waals surface area (Å²) >= 11 is 0. The third-order valence-corrected chi connectivity index (χ3v) is 3.76. The van der Waals surface area contributed by atoms with Gasteiger partial charge in [0, 0.05) is 11.8 Å². The Balaban J connectivity index is 1.74. The minimum Gasteiger partial charge on any atom is -0.494 e. The number of carbonyl (C=O) groups is 2. The number of ether oxygens (including phenoxy) is 1. The van der Waals surface area contributed by atoms with Crippen LogP contribution in [-0.4, -0.2) is 25.0 Å². The van der Waals surface area contributed by atoms with E-state index in [0.29, 0.717) is 6.61 Å². The number of hydrazine groups is 1. The highest BCUT2D eigenvalue weighted by Gasteiger charge is 2.04. The third kappa shape index (κ3) is 6.86. The van der Waals surface area contributed by atoms with Crippen molar-refractivity contribution in [2.45, 2.75) is 20.8 Å². The fourth-order valence-electron chi connectivity index (χ4n) is 2.42. The van der Waals surface area contributed by atoms with Gasteiger partial charge in [0.1, 0.15) is 5.75 Å². The zero-order valence-corrected chi connectivity index (χ0v) is 15.8. The lowest BCUT2D eigenvalue weighted by Crippen LogP contribution is -2.43. The molecule has 2 aromatic carbocycles. The standard InChI is InChI=1S/C21H25N3O3/c1-4-27-18-9-6-17(7-10-18)8-12-20(25)23-24-21(26)14-22-19-11-5-15(2)13-16(19)3/h5-13,22H,4,14H2,1-3H3,(H,23,25)(H,24,26)/b12-8+. The van der Waals surface area contributed by atoms with E-state index in [1.807, 2.05) is 63.2 Å². The average molecular weight is 367 g/mol. The summed E-state index contributed by atoms with van der Waals surface area (Å²) in [6, 6.07) is 13.3. The predicted octanol–water partition coefficient (Wildman–Crippen LogP) is 2.97. The largest absolute Gasteiger partial charge is 0.494 e. The molecule has 0 heterocycles. The van der Waals surface area contributed by atoms with Crippen molar-refractivity contribution in [1.29, 1.82) is 0 Å². The maximum atomic E-state index is 11.8. The minimum absolute atomic E-state index is 0.0623. The number of hydrogen-bond acceptors (Lipinski definition) is 4. The molecule has 0 aliphatic rings. The first-order chi connectivity index (χ1) is 13.0. The Morgan fingerprint density at radius 3 is 2.44 bits per heavy atom. The fraction of sp³-hybridized carbons (Fsp3) is 0.238. The Hall–Kier alpha value is -3.28. The van der Waals surface area contributed by atoms with Crippen molar-refractivity contribution in [3.8, 4) is 5.75 Å². The first-order valence-corrected chi connectivity index (χ1v) is 8.79. The average Bonchev–Trinajstić information content (AvgIpc) is 2.65. The smallest absolute Gasteiger partial charge is 0.262 e. The van der Waals surface area contributed by atoms with Gasteiger partial charge in [-0.3, -0.25) is 20.4 Å². The van der Waals surface area contributed by atoms with Gasteiger partial charge in [-0.05, 0) is 56.2 Å². The molecule has 0 saturated heterocycles. The molecule has 0 aliphatic heterocycles. The van der Waals surface area contributed by atoms with Crippen LogP contribution in [0.5, 0.6) is 5.75 Å². The SMILES string of the molecule is CCOc1ccc(/C=C/C(=O)NNC(=O)CNc2ccc(C)cc2C)cc1. The second-order valence-electron chi connectivity index (χ2n) is 6.04. The maximum absolute atomic E-state index is 11.8. The molecule has 0 saturated carbocycles. The van der Waals surface area contributed by atoms with Crippen molar-refractivity contribution >= 4 is 23.6 Å². The molecule has 0 fully saturated rings. The lowest BCUT2D eigenvalue weighted by molar-refractivity contribution is -0.125. The molecule has 0 bridgehead atoms. The van der Waals surface area contributed by atoms with Gasteiger partial charge >= 0.3 is 0 Å². The van der Waals surface area contributed by atoms with Crippen LogP contribution in [0.25, 0.3) is 6.08 Å². The molecule has 2 amide bonds. The van der Waals surface area contributed by atoms with Crippen LogP contribution in [0.2, 0.25) is 0 Å². The van der Waals surface area contributed by atoms with Crippen LogP contribution < -0.4 is 20.9 Å². The monoisotopic (exact) mass is 367 g/mol. The van der Waals surface area contributed by atoms with E-state index in [-0.39, 0.29) is 12.5 Å². The van der Waals surface area contributed by atoms with Gasteiger partial charge in [-0.25, -0.2) is 0 Å². The lowest BCUT2D eigenvalue weighted by Gasteiger charge is -2.10. The highest BCUT2D eigenvalue weighted by molar-refractivity contribution is 5.93. The zero-order chi connectivity index (χ0) is 19.6. The third-order valence-electron chi connectivity index (χ3n) is 3.76. The fourth-order valence-corrected chi connectivity index (χ4v) is 2.42. The van der Waals surface area contributed by atoms with Crippen LogP contribution in [0.4, 0.5) is 5.69 Å². The second kappa shape index (κ2) is 10.0. The van der Waals surface area contributed by atoms with Crippen LogP contribution in [0.15, 0.2) is 48.5 Å². The van der Waals surface area contributed by atoms with Crippen molar-refractivity contribution in [3.05, 3.63) is 65.2 Å². The normalized spacial score (nSPS) is 10.5. The van der Waals surface area contributed by atoms with Crippen molar-refractivity contribution in [3.63, 3.8) is 0 Å². The lowest BCUT2D eigenvalue weighted by atomic mass is 10.1. The van der Waals surface area contributed by atoms with E-state index in [2.05, 4.69) is 16.2 Å². The van der Waals surface area contributed by atoms with Crippen LogP contribution in [-0.2, 0) is 9.59 Å². The number of benzene rings is 2. The number of nitrogens with one attached hydrogen (secondary N) is 3. The van der Waals surface area contributed by atoms with E-state index in [4.69, 9.17) is 4.74 Å². The molecule has 27 heavy (non-hydrogen) atoms. The number of amides is 2. The molecule has 2 aromatic rings. The van der Waals surface area contributed by atoms with Gasteiger partial charge in [-0.15, -0.1) is 0 Å². The van der Waals surface area contributed by atoms with Crippen molar-refractivity contribution in [2.75, 3.05) is 18.5 Å². The number of anilines is 1. The highest BCUT2D eigenvalue weighted by atomic mass is 16.5. The molecule has 6 nitrogen and oxygen atoms in total. The number of hydrogen-bond donors (Lipinski definition) is 3. The van der Waals surface area contributed by atoms with Gasteiger partial charge in [0.15, 0.2) is 0 Å². The van der Waals surface area contributed by atoms with Crippen LogP contribution >= 0.6 is 0 Å². The number of carbonyl (C=O) groups excluding carboxylic acids is 2. The van der Waals surface area contributed by atoms with E-state index >= 15 is 0 Å². The summed E-state index contributed by atoms with van der Waals surface area (Å²) in [6.45, 7) is 6.58. The highest BCUT2D eigenvalue weighted by Crippen LogP contribution is 2.15. The molecular formula is C21H25N3O3. The van der Waals surface area contributed by atoms with Gasteiger partial charge in [0.25, 0.3) is 11.8 Å². The van der Waals surface area contributed by atoms with Crippen molar-refractivity contribution in [2.24, 2.45) is 0 Å². The summed E-state index contributed by atoms with van der Waals surface area (Å²) in [6.07, 6.45) is 3.01. The quantitative estimate of drug-likeness (QED) is 0.519. The summed E-state index contributed by atoms with van der Waals surface area (Å²) in [5, 5.41) is 3.04. The van der Waals surface area contributed by atoms with E-state index in [1.54, 1.807) is 6.08 Å². The first-order valence-electron chi connectivity index (χ1n) is 8.79. The van der Waals surface area contributed by atoms with Crippen LogP contribution in [0.3, 0.4) is 0 Å². The maximum Gasteiger partial charge on any atom is 0.262 e. The predicted molar refractivity (Wildman–Crippen MR) is 107 cm³/mol. The molecule has 0 aromatic heterocycles. The second-order valence-corrected chi connectivity index (χ2v) is 6.04. The van der Waals surface area contributed by atoms with Gasteiger partial charge in [-0.1, -0.05) is 29.8 Å². The first kappa shape index (κ1) is 20.0. The summed E-state index contributed by atoms with van der Waals surface area (Å²) in [5.41, 5.74) is 8.69. The zero-order valence-electron chi connectivity index (χ0n) is 15.8. The summed E-state index contributed by atoms with van der Waals surface area (Å²) in [7, 11) is 0. The van der Waals surface area contributed by atoms with E-state index in [0.717, 1.165) is 28.1 Å². The van der Waals surface area contributed by atoms with Gasteiger partial charge in [0.2, 0.25) is 0 Å². The molecule has 0 radical (unpaired) electrons. The van der Waals surface area contributed by atoms with Gasteiger partial charge in [-0.2, -0.15) is 0 Å². The summed E-state index contributed by atoms with van der Waals surface area (Å²) < 4.78 is 5.36. The van der Waals surface area contributed by atoms with Gasteiger partial charge < -0.3 is 10.1 Å². The van der Waals surface area contributed by atoms with Crippen LogP contribution in [0, 0.1) is 13.8 Å². The molecule has 3 N–H and O–H groups in total.